The lowest BCUT2D eigenvalue weighted by molar-refractivity contribution is 0.0678. The summed E-state index contributed by atoms with van der Waals surface area (Å²) >= 11 is 0. The van der Waals surface area contributed by atoms with E-state index < -0.39 is 5.82 Å². The minimum absolute atomic E-state index is 0.0919. The van der Waals surface area contributed by atoms with E-state index >= 15 is 0 Å². The number of hydrogen-bond acceptors (Lipinski definition) is 4. The van der Waals surface area contributed by atoms with Gasteiger partial charge in [0, 0.05) is 12.2 Å². The predicted molar refractivity (Wildman–Crippen MR) is 64.9 cm³/mol. The Balaban J connectivity index is 2.10. The Morgan fingerprint density at radius 1 is 1.61 bits per heavy atom. The standard InChI is InChI=1S/C13H16FNO3/c1-9(15-16)12-7-10(14)4-5-13(12)18-8-11-3-2-6-17-11/h4-5,7,11,16H,2-3,6,8H2,1H3. The molecule has 0 aliphatic carbocycles. The summed E-state index contributed by atoms with van der Waals surface area (Å²) in [5.74, 6) is 0.111. The van der Waals surface area contributed by atoms with E-state index in [0.717, 1.165) is 19.4 Å². The highest BCUT2D eigenvalue weighted by atomic mass is 19.1. The molecule has 4 nitrogen and oxygen atoms in total. The zero-order valence-corrected chi connectivity index (χ0v) is 10.2. The monoisotopic (exact) mass is 253 g/mol. The van der Waals surface area contributed by atoms with E-state index in [1.807, 2.05) is 0 Å². The van der Waals surface area contributed by atoms with Crippen molar-refractivity contribution in [2.75, 3.05) is 13.2 Å². The third kappa shape index (κ3) is 2.98. The van der Waals surface area contributed by atoms with Crippen LogP contribution in [0, 0.1) is 5.82 Å². The predicted octanol–water partition coefficient (Wildman–Crippen LogP) is 2.58. The van der Waals surface area contributed by atoms with Crippen LogP contribution in [0.2, 0.25) is 0 Å². The van der Waals surface area contributed by atoms with Crippen molar-refractivity contribution in [3.63, 3.8) is 0 Å². The van der Waals surface area contributed by atoms with E-state index in [1.54, 1.807) is 6.92 Å². The van der Waals surface area contributed by atoms with Crippen molar-refractivity contribution in [3.8, 4) is 5.75 Å². The van der Waals surface area contributed by atoms with Crippen LogP contribution in [-0.2, 0) is 4.74 Å². The van der Waals surface area contributed by atoms with E-state index in [4.69, 9.17) is 14.7 Å². The molecule has 1 unspecified atom stereocenters. The fraction of sp³-hybridized carbons (Fsp3) is 0.462. The summed E-state index contributed by atoms with van der Waals surface area (Å²) in [5, 5.41) is 11.8. The first-order valence-electron chi connectivity index (χ1n) is 5.93. The Hall–Kier alpha value is -1.62. The summed E-state index contributed by atoms with van der Waals surface area (Å²) in [6, 6.07) is 4.15. The Bertz CT molecular complexity index is 442. The van der Waals surface area contributed by atoms with Crippen LogP contribution >= 0.6 is 0 Å². The van der Waals surface area contributed by atoms with E-state index in [2.05, 4.69) is 5.16 Å². The van der Waals surface area contributed by atoms with E-state index in [0.29, 0.717) is 23.6 Å². The van der Waals surface area contributed by atoms with Gasteiger partial charge >= 0.3 is 0 Å². The molecule has 18 heavy (non-hydrogen) atoms. The van der Waals surface area contributed by atoms with Gasteiger partial charge in [0.15, 0.2) is 0 Å². The van der Waals surface area contributed by atoms with Crippen molar-refractivity contribution in [2.24, 2.45) is 5.16 Å². The molecule has 1 heterocycles. The van der Waals surface area contributed by atoms with Gasteiger partial charge in [0.05, 0.1) is 11.8 Å². The van der Waals surface area contributed by atoms with Gasteiger partial charge in [0.1, 0.15) is 18.2 Å². The maximum absolute atomic E-state index is 13.2. The molecule has 1 aromatic rings. The van der Waals surface area contributed by atoms with Crippen molar-refractivity contribution < 1.29 is 19.1 Å². The molecule has 1 aromatic carbocycles. The molecule has 1 fully saturated rings. The van der Waals surface area contributed by atoms with Crippen LogP contribution < -0.4 is 4.74 Å². The fourth-order valence-corrected chi connectivity index (χ4v) is 1.92. The normalized spacial score (nSPS) is 20.1. The van der Waals surface area contributed by atoms with Gasteiger partial charge in [0.25, 0.3) is 0 Å². The van der Waals surface area contributed by atoms with Crippen molar-refractivity contribution >= 4 is 5.71 Å². The lowest BCUT2D eigenvalue weighted by Crippen LogP contribution is -2.17. The molecule has 1 saturated heterocycles. The van der Waals surface area contributed by atoms with Gasteiger partial charge in [-0.3, -0.25) is 0 Å². The Morgan fingerprint density at radius 2 is 2.44 bits per heavy atom. The first-order valence-corrected chi connectivity index (χ1v) is 5.93. The minimum atomic E-state index is -0.391. The largest absolute Gasteiger partial charge is 0.490 e. The number of halogens is 1. The maximum atomic E-state index is 13.2. The first-order chi connectivity index (χ1) is 8.70. The third-order valence-electron chi connectivity index (χ3n) is 2.93. The second-order valence-corrected chi connectivity index (χ2v) is 4.27. The summed E-state index contributed by atoms with van der Waals surface area (Å²) in [4.78, 5) is 0. The number of oxime groups is 1. The molecule has 0 spiro atoms. The van der Waals surface area contributed by atoms with Crippen molar-refractivity contribution in [1.82, 2.24) is 0 Å². The lowest BCUT2D eigenvalue weighted by Gasteiger charge is -2.14. The molecule has 0 saturated carbocycles. The zero-order valence-electron chi connectivity index (χ0n) is 10.2. The summed E-state index contributed by atoms with van der Waals surface area (Å²) in [7, 11) is 0. The van der Waals surface area contributed by atoms with Crippen LogP contribution in [0.4, 0.5) is 4.39 Å². The molecule has 0 amide bonds. The smallest absolute Gasteiger partial charge is 0.128 e. The van der Waals surface area contributed by atoms with Crippen LogP contribution in [0.1, 0.15) is 25.3 Å². The van der Waals surface area contributed by atoms with Gasteiger partial charge in [0.2, 0.25) is 0 Å². The number of rotatable bonds is 4. The lowest BCUT2D eigenvalue weighted by atomic mass is 10.1. The highest BCUT2D eigenvalue weighted by Crippen LogP contribution is 2.22. The Kier molecular flexibility index (Phi) is 4.15. The second kappa shape index (κ2) is 5.82. The van der Waals surface area contributed by atoms with Crippen molar-refractivity contribution in [3.05, 3.63) is 29.6 Å². The van der Waals surface area contributed by atoms with Crippen LogP contribution in [0.15, 0.2) is 23.4 Å². The molecule has 1 N–H and O–H groups in total. The summed E-state index contributed by atoms with van der Waals surface area (Å²) in [6.45, 7) is 2.78. The average Bonchev–Trinajstić information content (AvgIpc) is 2.89. The summed E-state index contributed by atoms with van der Waals surface area (Å²) in [5.41, 5.74) is 0.771. The Labute approximate surface area is 105 Å². The van der Waals surface area contributed by atoms with Gasteiger partial charge < -0.3 is 14.7 Å². The second-order valence-electron chi connectivity index (χ2n) is 4.27. The summed E-state index contributed by atoms with van der Waals surface area (Å²) < 4.78 is 24.2. The van der Waals surface area contributed by atoms with Crippen LogP contribution in [-0.4, -0.2) is 30.2 Å². The molecule has 1 aliphatic rings. The SMILES string of the molecule is CC(=NO)c1cc(F)ccc1OCC1CCCO1. The Morgan fingerprint density at radius 3 is 3.11 bits per heavy atom. The van der Waals surface area contributed by atoms with E-state index in [1.165, 1.54) is 18.2 Å². The molecular formula is C13H16FNO3. The van der Waals surface area contributed by atoms with Crippen molar-refractivity contribution in [2.45, 2.75) is 25.9 Å². The zero-order chi connectivity index (χ0) is 13.0. The topological polar surface area (TPSA) is 51.1 Å². The molecule has 0 radical (unpaired) electrons. The van der Waals surface area contributed by atoms with E-state index in [9.17, 15) is 4.39 Å². The van der Waals surface area contributed by atoms with Crippen LogP contribution in [0.3, 0.4) is 0 Å². The quantitative estimate of drug-likeness (QED) is 0.509. The number of hydrogen-bond donors (Lipinski definition) is 1. The van der Waals surface area contributed by atoms with E-state index in [-0.39, 0.29) is 6.10 Å². The maximum Gasteiger partial charge on any atom is 0.128 e. The molecule has 5 heteroatoms. The van der Waals surface area contributed by atoms with Crippen LogP contribution in [0.5, 0.6) is 5.75 Å². The molecule has 0 aromatic heterocycles. The minimum Gasteiger partial charge on any atom is -0.490 e. The van der Waals surface area contributed by atoms with Crippen molar-refractivity contribution in [1.29, 1.82) is 0 Å². The number of benzene rings is 1. The van der Waals surface area contributed by atoms with Gasteiger partial charge in [-0.2, -0.15) is 0 Å². The number of ether oxygens (including phenoxy) is 2. The molecule has 1 atom stereocenters. The molecule has 0 bridgehead atoms. The molecule has 1 aliphatic heterocycles. The highest BCUT2D eigenvalue weighted by molar-refractivity contribution is 6.00. The van der Waals surface area contributed by atoms with Gasteiger partial charge in [-0.05, 0) is 38.0 Å². The average molecular weight is 253 g/mol. The summed E-state index contributed by atoms with van der Waals surface area (Å²) in [6.07, 6.45) is 2.11. The molecule has 98 valence electrons. The van der Waals surface area contributed by atoms with Gasteiger partial charge in [-0.25, -0.2) is 4.39 Å². The molecular weight excluding hydrogens is 237 g/mol. The number of nitrogens with zero attached hydrogens (tertiary/aromatic N) is 1. The fourth-order valence-electron chi connectivity index (χ4n) is 1.92. The van der Waals surface area contributed by atoms with Gasteiger partial charge in [-0.15, -0.1) is 0 Å². The third-order valence-corrected chi connectivity index (χ3v) is 2.93. The van der Waals surface area contributed by atoms with Gasteiger partial charge in [-0.1, -0.05) is 5.16 Å². The first kappa shape index (κ1) is 12.8. The highest BCUT2D eigenvalue weighted by Gasteiger charge is 2.17. The van der Waals surface area contributed by atoms with Crippen LogP contribution in [0.25, 0.3) is 0 Å². The molecule has 2 rings (SSSR count).